The summed E-state index contributed by atoms with van der Waals surface area (Å²) in [6.45, 7) is 3.79. The Morgan fingerprint density at radius 3 is 3.00 bits per heavy atom. The van der Waals surface area contributed by atoms with Crippen molar-refractivity contribution in [3.63, 3.8) is 0 Å². The minimum atomic E-state index is -3.51. The molecule has 0 aromatic carbocycles. The molecule has 0 radical (unpaired) electrons. The van der Waals surface area contributed by atoms with E-state index in [-0.39, 0.29) is 11.1 Å². The van der Waals surface area contributed by atoms with Crippen molar-refractivity contribution in [2.45, 2.75) is 30.9 Å². The lowest BCUT2D eigenvalue weighted by molar-refractivity contribution is 0.318. The minimum Gasteiger partial charge on any atom is -0.452 e. The van der Waals surface area contributed by atoms with E-state index in [1.807, 2.05) is 6.92 Å². The van der Waals surface area contributed by atoms with Gasteiger partial charge >= 0.3 is 0 Å². The van der Waals surface area contributed by atoms with Crippen molar-refractivity contribution < 1.29 is 12.8 Å². The quantitative estimate of drug-likeness (QED) is 0.843. The molecule has 2 heterocycles. The molecular weight excluding hydrogens is 240 g/mol. The summed E-state index contributed by atoms with van der Waals surface area (Å²) in [6, 6.07) is 2.94. The Hall–Kier alpha value is -0.850. The lowest BCUT2D eigenvalue weighted by atomic mass is 9.94. The van der Waals surface area contributed by atoms with E-state index in [1.54, 1.807) is 6.07 Å². The van der Waals surface area contributed by atoms with Gasteiger partial charge in [0.25, 0.3) is 10.0 Å². The summed E-state index contributed by atoms with van der Waals surface area (Å²) in [5.41, 5.74) is 0. The van der Waals surface area contributed by atoms with Gasteiger partial charge in [0, 0.05) is 6.04 Å². The second-order valence-electron chi connectivity index (χ2n) is 4.45. The standard InChI is InChI=1S/C11H18N2O3S/c1-9(10-4-2-6-12-8-10)13-17(14,15)11-5-3-7-16-11/h3,5,7,9-10,12-13H,2,4,6,8H2,1H3. The normalized spacial score (nSPS) is 23.5. The zero-order chi connectivity index (χ0) is 12.3. The Morgan fingerprint density at radius 2 is 2.41 bits per heavy atom. The monoisotopic (exact) mass is 258 g/mol. The molecule has 2 atom stereocenters. The summed E-state index contributed by atoms with van der Waals surface area (Å²) >= 11 is 0. The second kappa shape index (κ2) is 5.20. The first kappa shape index (κ1) is 12.6. The Morgan fingerprint density at radius 1 is 1.59 bits per heavy atom. The average Bonchev–Trinajstić information content (AvgIpc) is 2.84. The second-order valence-corrected chi connectivity index (χ2v) is 6.09. The average molecular weight is 258 g/mol. The molecule has 0 saturated carbocycles. The first-order valence-electron chi connectivity index (χ1n) is 5.86. The SMILES string of the molecule is CC(NS(=O)(=O)c1ccco1)C1CCCNC1. The van der Waals surface area contributed by atoms with E-state index in [0.29, 0.717) is 5.92 Å². The van der Waals surface area contributed by atoms with Gasteiger partial charge in [-0.1, -0.05) is 0 Å². The van der Waals surface area contributed by atoms with Gasteiger partial charge in [-0.2, -0.15) is 0 Å². The molecule has 96 valence electrons. The van der Waals surface area contributed by atoms with Crippen LogP contribution in [0.5, 0.6) is 0 Å². The van der Waals surface area contributed by atoms with Crippen molar-refractivity contribution >= 4 is 10.0 Å². The molecule has 2 unspecified atom stereocenters. The summed E-state index contributed by atoms with van der Waals surface area (Å²) in [5, 5.41) is 3.26. The first-order chi connectivity index (χ1) is 8.09. The van der Waals surface area contributed by atoms with E-state index < -0.39 is 10.0 Å². The van der Waals surface area contributed by atoms with Crippen LogP contribution in [0.3, 0.4) is 0 Å². The van der Waals surface area contributed by atoms with Crippen LogP contribution in [0, 0.1) is 5.92 Å². The van der Waals surface area contributed by atoms with Gasteiger partial charge in [-0.15, -0.1) is 0 Å². The van der Waals surface area contributed by atoms with Crippen LogP contribution in [-0.2, 0) is 10.0 Å². The Balaban J connectivity index is 2.00. The van der Waals surface area contributed by atoms with Crippen molar-refractivity contribution in [2.24, 2.45) is 5.92 Å². The number of furan rings is 1. The fourth-order valence-electron chi connectivity index (χ4n) is 2.12. The number of nitrogens with one attached hydrogen (secondary N) is 2. The molecule has 5 nitrogen and oxygen atoms in total. The van der Waals surface area contributed by atoms with Crippen molar-refractivity contribution in [3.8, 4) is 0 Å². The van der Waals surface area contributed by atoms with E-state index in [4.69, 9.17) is 4.42 Å². The molecule has 1 saturated heterocycles. The third-order valence-corrected chi connectivity index (χ3v) is 4.59. The largest absolute Gasteiger partial charge is 0.452 e. The third kappa shape index (κ3) is 3.08. The first-order valence-corrected chi connectivity index (χ1v) is 7.34. The van der Waals surface area contributed by atoms with Crippen molar-refractivity contribution in [3.05, 3.63) is 18.4 Å². The zero-order valence-electron chi connectivity index (χ0n) is 9.85. The molecule has 2 rings (SSSR count). The smallest absolute Gasteiger partial charge is 0.274 e. The highest BCUT2D eigenvalue weighted by molar-refractivity contribution is 7.89. The van der Waals surface area contributed by atoms with Crippen LogP contribution in [0.15, 0.2) is 27.9 Å². The van der Waals surface area contributed by atoms with E-state index in [9.17, 15) is 8.42 Å². The zero-order valence-corrected chi connectivity index (χ0v) is 10.7. The van der Waals surface area contributed by atoms with Crippen LogP contribution in [0.2, 0.25) is 0 Å². The number of hydrogen-bond donors (Lipinski definition) is 2. The van der Waals surface area contributed by atoms with E-state index >= 15 is 0 Å². The number of hydrogen-bond acceptors (Lipinski definition) is 4. The molecule has 0 aliphatic carbocycles. The maximum Gasteiger partial charge on any atom is 0.274 e. The highest BCUT2D eigenvalue weighted by Gasteiger charge is 2.26. The van der Waals surface area contributed by atoms with Gasteiger partial charge in [0.15, 0.2) is 0 Å². The van der Waals surface area contributed by atoms with Gasteiger partial charge in [-0.05, 0) is 50.9 Å². The summed E-state index contributed by atoms with van der Waals surface area (Å²) in [5.74, 6) is 0.341. The Bertz CT molecular complexity index is 435. The van der Waals surface area contributed by atoms with Crippen LogP contribution >= 0.6 is 0 Å². The van der Waals surface area contributed by atoms with Crippen molar-refractivity contribution in [1.82, 2.24) is 10.0 Å². The molecule has 2 N–H and O–H groups in total. The molecule has 6 heteroatoms. The lowest BCUT2D eigenvalue weighted by Gasteiger charge is -2.28. The van der Waals surface area contributed by atoms with Crippen LogP contribution in [0.1, 0.15) is 19.8 Å². The molecular formula is C11H18N2O3S. The van der Waals surface area contributed by atoms with Crippen LogP contribution in [-0.4, -0.2) is 27.5 Å². The Labute approximate surface area is 102 Å². The van der Waals surface area contributed by atoms with Crippen LogP contribution < -0.4 is 10.0 Å². The predicted molar refractivity (Wildman–Crippen MR) is 64.1 cm³/mol. The van der Waals surface area contributed by atoms with Gasteiger partial charge in [0.05, 0.1) is 6.26 Å². The maximum absolute atomic E-state index is 11.9. The fraction of sp³-hybridized carbons (Fsp3) is 0.636. The lowest BCUT2D eigenvalue weighted by Crippen LogP contribution is -2.44. The summed E-state index contributed by atoms with van der Waals surface area (Å²) < 4.78 is 31.4. The highest BCUT2D eigenvalue weighted by Crippen LogP contribution is 2.17. The van der Waals surface area contributed by atoms with Gasteiger partial charge in [-0.25, -0.2) is 13.1 Å². The predicted octanol–water partition coefficient (Wildman–Crippen LogP) is 0.946. The molecule has 17 heavy (non-hydrogen) atoms. The number of piperidine rings is 1. The molecule has 1 aliphatic rings. The van der Waals surface area contributed by atoms with Gasteiger partial charge in [-0.3, -0.25) is 0 Å². The van der Waals surface area contributed by atoms with E-state index in [0.717, 1.165) is 25.9 Å². The topological polar surface area (TPSA) is 71.3 Å². The van der Waals surface area contributed by atoms with Crippen molar-refractivity contribution in [1.29, 1.82) is 0 Å². The minimum absolute atomic E-state index is 0.0203. The van der Waals surface area contributed by atoms with E-state index in [1.165, 1.54) is 12.3 Å². The Kier molecular flexibility index (Phi) is 3.86. The van der Waals surface area contributed by atoms with Gasteiger partial charge < -0.3 is 9.73 Å². The van der Waals surface area contributed by atoms with Crippen molar-refractivity contribution in [2.75, 3.05) is 13.1 Å². The number of sulfonamides is 1. The summed E-state index contributed by atoms with van der Waals surface area (Å²) in [6.07, 6.45) is 3.51. The van der Waals surface area contributed by atoms with Crippen LogP contribution in [0.25, 0.3) is 0 Å². The molecule has 1 fully saturated rings. The fourth-order valence-corrected chi connectivity index (χ4v) is 3.36. The molecule has 0 spiro atoms. The summed E-state index contributed by atoms with van der Waals surface area (Å²) in [4.78, 5) is 0. The molecule has 1 aromatic rings. The molecule has 1 aliphatic heterocycles. The number of rotatable bonds is 4. The van der Waals surface area contributed by atoms with E-state index in [2.05, 4.69) is 10.0 Å². The molecule has 0 amide bonds. The van der Waals surface area contributed by atoms with Gasteiger partial charge in [0.1, 0.15) is 0 Å². The molecule has 1 aromatic heterocycles. The maximum atomic E-state index is 11.9. The third-order valence-electron chi connectivity index (χ3n) is 3.14. The molecule has 0 bridgehead atoms. The summed E-state index contributed by atoms with van der Waals surface area (Å²) in [7, 11) is -3.51. The van der Waals surface area contributed by atoms with Gasteiger partial charge in [0.2, 0.25) is 5.09 Å². The van der Waals surface area contributed by atoms with Crippen LogP contribution in [0.4, 0.5) is 0 Å². The highest BCUT2D eigenvalue weighted by atomic mass is 32.2.